The summed E-state index contributed by atoms with van der Waals surface area (Å²) in [5.74, 6) is 1.61. The van der Waals surface area contributed by atoms with Gasteiger partial charge in [-0.3, -0.25) is 4.90 Å². The van der Waals surface area contributed by atoms with Gasteiger partial charge >= 0.3 is 0 Å². The van der Waals surface area contributed by atoms with Crippen LogP contribution < -0.4 is 10.5 Å². The van der Waals surface area contributed by atoms with Gasteiger partial charge in [0.1, 0.15) is 12.4 Å². The number of oxime groups is 1. The zero-order chi connectivity index (χ0) is 15.2. The van der Waals surface area contributed by atoms with Crippen LogP contribution in [0.2, 0.25) is 0 Å². The lowest BCUT2D eigenvalue weighted by Crippen LogP contribution is -2.33. The maximum atomic E-state index is 8.62. The smallest absolute Gasteiger partial charge is 0.170 e. The first kappa shape index (κ1) is 15.6. The highest BCUT2D eigenvalue weighted by molar-refractivity contribution is 5.97. The van der Waals surface area contributed by atoms with Crippen molar-refractivity contribution in [3.63, 3.8) is 0 Å². The summed E-state index contributed by atoms with van der Waals surface area (Å²) in [6.07, 6.45) is 2.64. The minimum atomic E-state index is 0.110. The van der Waals surface area contributed by atoms with Crippen LogP contribution in [0.15, 0.2) is 29.4 Å². The first-order chi connectivity index (χ1) is 10.1. The molecule has 0 unspecified atom stereocenters. The molecule has 2 rings (SSSR count). The number of ether oxygens (including phenoxy) is 1. The Kier molecular flexibility index (Phi) is 5.44. The number of nitrogens with zero attached hydrogens (tertiary/aromatic N) is 2. The molecule has 3 N–H and O–H groups in total. The van der Waals surface area contributed by atoms with Gasteiger partial charge in [0.05, 0.1) is 0 Å². The quantitative estimate of drug-likeness (QED) is 0.334. The first-order valence-electron chi connectivity index (χ1n) is 7.55. The molecule has 1 aliphatic carbocycles. The Morgan fingerprint density at radius 2 is 2.05 bits per heavy atom. The SMILES string of the molecule is CC(C)CN(CCOc1ccc(C(N)=NO)cc1)C1CC1. The van der Waals surface area contributed by atoms with Gasteiger partial charge in [-0.25, -0.2) is 0 Å². The summed E-state index contributed by atoms with van der Waals surface area (Å²) in [4.78, 5) is 2.52. The van der Waals surface area contributed by atoms with Gasteiger partial charge in [0, 0.05) is 24.7 Å². The summed E-state index contributed by atoms with van der Waals surface area (Å²) in [6, 6.07) is 8.03. The Labute approximate surface area is 126 Å². The number of amidine groups is 1. The normalized spacial score (nSPS) is 15.7. The van der Waals surface area contributed by atoms with E-state index in [4.69, 9.17) is 15.7 Å². The molecule has 0 aliphatic heterocycles. The second-order valence-corrected chi connectivity index (χ2v) is 5.98. The van der Waals surface area contributed by atoms with E-state index in [-0.39, 0.29) is 5.84 Å². The van der Waals surface area contributed by atoms with Gasteiger partial charge in [-0.15, -0.1) is 0 Å². The molecule has 5 heteroatoms. The third kappa shape index (κ3) is 4.93. The number of nitrogens with two attached hydrogens (primary N) is 1. The minimum Gasteiger partial charge on any atom is -0.492 e. The van der Waals surface area contributed by atoms with Gasteiger partial charge in [0.2, 0.25) is 0 Å². The fourth-order valence-corrected chi connectivity index (χ4v) is 2.39. The van der Waals surface area contributed by atoms with Crippen molar-refractivity contribution in [2.75, 3.05) is 19.7 Å². The average molecular weight is 291 g/mol. The molecule has 0 heterocycles. The van der Waals surface area contributed by atoms with Crippen LogP contribution in [0.3, 0.4) is 0 Å². The predicted molar refractivity (Wildman–Crippen MR) is 83.9 cm³/mol. The van der Waals surface area contributed by atoms with E-state index >= 15 is 0 Å². The van der Waals surface area contributed by atoms with Crippen LogP contribution in [0.5, 0.6) is 5.75 Å². The summed E-state index contributed by atoms with van der Waals surface area (Å²) >= 11 is 0. The average Bonchev–Trinajstić information content (AvgIpc) is 3.30. The van der Waals surface area contributed by atoms with Crippen molar-refractivity contribution in [2.45, 2.75) is 32.7 Å². The molecule has 1 aromatic rings. The van der Waals surface area contributed by atoms with Crippen molar-refractivity contribution in [1.82, 2.24) is 4.90 Å². The summed E-state index contributed by atoms with van der Waals surface area (Å²) in [5.41, 5.74) is 6.21. The van der Waals surface area contributed by atoms with Gasteiger partial charge in [0.25, 0.3) is 0 Å². The fraction of sp³-hybridized carbons (Fsp3) is 0.562. The van der Waals surface area contributed by atoms with Gasteiger partial charge < -0.3 is 15.7 Å². The highest BCUT2D eigenvalue weighted by atomic mass is 16.5. The lowest BCUT2D eigenvalue weighted by Gasteiger charge is -2.23. The summed E-state index contributed by atoms with van der Waals surface area (Å²) < 4.78 is 5.78. The zero-order valence-corrected chi connectivity index (χ0v) is 12.8. The van der Waals surface area contributed by atoms with Crippen LogP contribution in [0.4, 0.5) is 0 Å². The standard InChI is InChI=1S/C16H25N3O2/c1-12(2)11-19(14-5-6-14)9-10-21-15-7-3-13(4-8-15)16(17)18-20/h3-4,7-8,12,14,20H,5-6,9-11H2,1-2H3,(H2,17,18). The monoisotopic (exact) mass is 291 g/mol. The van der Waals surface area contributed by atoms with E-state index in [0.717, 1.165) is 24.9 Å². The molecule has 1 fully saturated rings. The van der Waals surface area contributed by atoms with E-state index in [0.29, 0.717) is 18.1 Å². The molecule has 1 aromatic carbocycles. The number of hydrogen-bond acceptors (Lipinski definition) is 4. The Balaban J connectivity index is 1.79. The van der Waals surface area contributed by atoms with E-state index in [1.807, 2.05) is 12.1 Å². The molecular formula is C16H25N3O2. The lowest BCUT2D eigenvalue weighted by atomic mass is 10.2. The Bertz CT molecular complexity index is 467. The van der Waals surface area contributed by atoms with Crippen LogP contribution in [0.1, 0.15) is 32.3 Å². The van der Waals surface area contributed by atoms with Gasteiger partial charge in [0.15, 0.2) is 5.84 Å². The zero-order valence-electron chi connectivity index (χ0n) is 12.8. The number of hydrogen-bond donors (Lipinski definition) is 2. The molecule has 0 aromatic heterocycles. The van der Waals surface area contributed by atoms with Crippen molar-refractivity contribution in [3.8, 4) is 5.75 Å². The lowest BCUT2D eigenvalue weighted by molar-refractivity contribution is 0.185. The van der Waals surface area contributed by atoms with Gasteiger partial charge in [-0.05, 0) is 43.0 Å². The van der Waals surface area contributed by atoms with Crippen LogP contribution in [0, 0.1) is 5.92 Å². The van der Waals surface area contributed by atoms with E-state index in [9.17, 15) is 0 Å². The molecule has 1 saturated carbocycles. The Hall–Kier alpha value is -1.75. The van der Waals surface area contributed by atoms with Crippen LogP contribution in [-0.2, 0) is 0 Å². The minimum absolute atomic E-state index is 0.110. The van der Waals surface area contributed by atoms with E-state index < -0.39 is 0 Å². The molecule has 0 radical (unpaired) electrons. The van der Waals surface area contributed by atoms with Crippen molar-refractivity contribution in [1.29, 1.82) is 0 Å². The van der Waals surface area contributed by atoms with Crippen molar-refractivity contribution >= 4 is 5.84 Å². The second-order valence-electron chi connectivity index (χ2n) is 5.98. The van der Waals surface area contributed by atoms with Gasteiger partial charge in [-0.2, -0.15) is 0 Å². The topological polar surface area (TPSA) is 71.1 Å². The molecule has 0 saturated heterocycles. The highest BCUT2D eigenvalue weighted by Gasteiger charge is 2.28. The Morgan fingerprint density at radius 3 is 2.57 bits per heavy atom. The molecule has 0 bridgehead atoms. The number of rotatable bonds is 8. The molecule has 5 nitrogen and oxygen atoms in total. The van der Waals surface area contributed by atoms with Crippen molar-refractivity contribution in [2.24, 2.45) is 16.8 Å². The van der Waals surface area contributed by atoms with Gasteiger partial charge in [-0.1, -0.05) is 19.0 Å². The molecular weight excluding hydrogens is 266 g/mol. The third-order valence-electron chi connectivity index (χ3n) is 3.57. The maximum Gasteiger partial charge on any atom is 0.170 e. The Morgan fingerprint density at radius 1 is 1.38 bits per heavy atom. The first-order valence-corrected chi connectivity index (χ1v) is 7.55. The summed E-state index contributed by atoms with van der Waals surface area (Å²) in [7, 11) is 0. The second kappa shape index (κ2) is 7.31. The van der Waals surface area contributed by atoms with Crippen molar-refractivity contribution in [3.05, 3.63) is 29.8 Å². The molecule has 116 valence electrons. The molecule has 21 heavy (non-hydrogen) atoms. The largest absolute Gasteiger partial charge is 0.492 e. The van der Waals surface area contributed by atoms with E-state index in [2.05, 4.69) is 23.9 Å². The summed E-state index contributed by atoms with van der Waals surface area (Å²) in [5, 5.41) is 11.6. The molecule has 1 aliphatic rings. The van der Waals surface area contributed by atoms with Crippen LogP contribution in [-0.4, -0.2) is 41.7 Å². The fourth-order valence-electron chi connectivity index (χ4n) is 2.39. The molecule has 0 amide bonds. The number of benzene rings is 1. The molecule has 0 spiro atoms. The summed E-state index contributed by atoms with van der Waals surface area (Å²) in [6.45, 7) is 7.29. The molecule has 0 atom stereocenters. The van der Waals surface area contributed by atoms with Crippen LogP contribution >= 0.6 is 0 Å². The third-order valence-corrected chi connectivity index (χ3v) is 3.57. The van der Waals surface area contributed by atoms with E-state index in [1.54, 1.807) is 12.1 Å². The van der Waals surface area contributed by atoms with Crippen molar-refractivity contribution < 1.29 is 9.94 Å². The maximum absolute atomic E-state index is 8.62. The predicted octanol–water partition coefficient (Wildman–Crippen LogP) is 2.28. The van der Waals surface area contributed by atoms with E-state index in [1.165, 1.54) is 12.8 Å². The highest BCUT2D eigenvalue weighted by Crippen LogP contribution is 2.27. The van der Waals surface area contributed by atoms with Crippen LogP contribution in [0.25, 0.3) is 0 Å².